The van der Waals surface area contributed by atoms with Crippen LogP contribution in [0.1, 0.15) is 139 Å². The number of aryl methyl sites for hydroxylation is 1. The Hall–Kier alpha value is -6.35. The Morgan fingerprint density at radius 2 is 1.15 bits per heavy atom. The van der Waals surface area contributed by atoms with Gasteiger partial charge in [0.25, 0.3) is 0 Å². The molecule has 2 aromatic heterocycles. The quantitative estimate of drug-likeness (QED) is 0.147. The van der Waals surface area contributed by atoms with Crippen molar-refractivity contribution in [3.63, 3.8) is 0 Å². The Balaban J connectivity index is 0.00000747. The maximum absolute atomic E-state index is 12.5. The van der Waals surface area contributed by atoms with Gasteiger partial charge in [0.05, 0.1) is 22.3 Å². The Labute approximate surface area is 448 Å². The van der Waals surface area contributed by atoms with Crippen LogP contribution in [-0.4, -0.2) is 19.6 Å². The predicted molar refractivity (Wildman–Crippen MR) is 301 cm³/mol. The summed E-state index contributed by atoms with van der Waals surface area (Å²) in [6, 6.07) is 53.9. The van der Waals surface area contributed by atoms with Crippen LogP contribution in [0.2, 0.25) is 0 Å². The van der Waals surface area contributed by atoms with Gasteiger partial charge in [-0.25, -0.2) is 4.98 Å². The number of benzene rings is 7. The van der Waals surface area contributed by atoms with Gasteiger partial charge in [-0.1, -0.05) is 204 Å². The number of nitrogens with zero attached hydrogens (tertiary/aromatic N) is 3. The number of aromatic hydroxyl groups is 1. The smallest absolute Gasteiger partial charge is 0.148 e. The number of imidazole rings is 1. The van der Waals surface area contributed by atoms with Crippen LogP contribution in [-0.2, 0) is 37.3 Å². The molecule has 0 amide bonds. The zero-order valence-electron chi connectivity index (χ0n) is 47.2. The van der Waals surface area contributed by atoms with Gasteiger partial charge in [-0.2, -0.15) is 0 Å². The van der Waals surface area contributed by atoms with E-state index >= 15 is 0 Å². The number of hydrogen-bond donors (Lipinski definition) is 1. The van der Waals surface area contributed by atoms with E-state index in [-0.39, 0.29) is 60.5 Å². The molecule has 0 fully saturated rings. The second kappa shape index (κ2) is 19.9. The molecule has 0 unspecified atom stereocenters. The van der Waals surface area contributed by atoms with Crippen LogP contribution in [0.5, 0.6) is 5.75 Å². The molecule has 1 N–H and O–H groups in total. The maximum atomic E-state index is 12.5. The molecule has 0 saturated carbocycles. The van der Waals surface area contributed by atoms with Crippen molar-refractivity contribution in [2.24, 2.45) is 0 Å². The van der Waals surface area contributed by atoms with Crippen molar-refractivity contribution >= 4 is 11.0 Å². The molecular weight excluding hydrogens is 1060 g/mol. The molecule has 0 aliphatic rings. The fraction of sp³-hybridized carbons (Fsp3) is 0.284. The molecule has 0 bridgehead atoms. The van der Waals surface area contributed by atoms with Gasteiger partial charge in [-0.05, 0) is 121 Å². The summed E-state index contributed by atoms with van der Waals surface area (Å²) < 4.78 is 29.5. The van der Waals surface area contributed by atoms with Crippen LogP contribution in [0, 0.1) is 12.9 Å². The number of hydrogen-bond acceptors (Lipinski definition) is 3. The zero-order valence-corrected chi connectivity index (χ0v) is 46.5. The molecule has 7 aromatic carbocycles. The molecule has 5 heteroatoms. The number of para-hydroxylation sites is 1. The van der Waals surface area contributed by atoms with E-state index in [0.29, 0.717) is 28.2 Å². The second-order valence-electron chi connectivity index (χ2n) is 23.1. The van der Waals surface area contributed by atoms with Crippen LogP contribution >= 0.6 is 0 Å². The van der Waals surface area contributed by atoms with E-state index in [0.717, 1.165) is 78.0 Å². The summed E-state index contributed by atoms with van der Waals surface area (Å²) in [5.41, 5.74) is 16.8. The first kappa shape index (κ1) is 47.9. The van der Waals surface area contributed by atoms with Crippen molar-refractivity contribution in [2.75, 3.05) is 0 Å². The Morgan fingerprint density at radius 1 is 0.542 bits per heavy atom. The fourth-order valence-corrected chi connectivity index (χ4v) is 9.58. The minimum Gasteiger partial charge on any atom is -0.507 e. The van der Waals surface area contributed by atoms with E-state index in [9.17, 15) is 5.11 Å². The summed E-state index contributed by atoms with van der Waals surface area (Å²) in [6.07, 6.45) is 1.88. The minimum absolute atomic E-state index is 0. The summed E-state index contributed by atoms with van der Waals surface area (Å²) in [5, 5.41) is 12.5. The van der Waals surface area contributed by atoms with Crippen LogP contribution in [0.3, 0.4) is 0 Å². The van der Waals surface area contributed by atoms with E-state index in [1.54, 1.807) is 0 Å². The molecule has 370 valence electrons. The third-order valence-corrected chi connectivity index (χ3v) is 14.0. The molecular formula is C67H70N3OPt-. The summed E-state index contributed by atoms with van der Waals surface area (Å²) >= 11 is 0. The predicted octanol–water partition coefficient (Wildman–Crippen LogP) is 18.4. The zero-order chi connectivity index (χ0) is 53.2. The topological polar surface area (TPSA) is 50.9 Å². The molecule has 0 aliphatic heterocycles. The Kier molecular flexibility index (Phi) is 13.3. The van der Waals surface area contributed by atoms with Gasteiger partial charge in [-0.3, -0.25) is 9.55 Å². The molecule has 72 heavy (non-hydrogen) atoms. The molecule has 0 spiro atoms. The Morgan fingerprint density at radius 3 is 1.75 bits per heavy atom. The standard InChI is InChI=1S/C67H70N3O.Pt/c1-41(2)48-37-55(42(3)4)63(71)58(38-48)64-69-62-54(49-34-50(36-53(35-49)67(12,13)14)59-39-47(31-32-68-59)44-23-27-51(28-24-44)65(6,7)8)21-18-22-60(62)70(64)61-33-43(5)56(40-57(61)45-19-16-15-17-20-45)46-25-29-52(30-26-46)66(9,10)11;/h15-33,35-42,71H,1-14H3;/q-1;/i5D3;. The van der Waals surface area contributed by atoms with Crippen LogP contribution < -0.4 is 0 Å². The third kappa shape index (κ3) is 10.3. The van der Waals surface area contributed by atoms with Gasteiger partial charge in [0.1, 0.15) is 11.6 Å². The van der Waals surface area contributed by atoms with E-state index in [2.05, 4.69) is 198 Å². The monoisotopic (exact) mass is 1130 g/mol. The molecule has 0 saturated heterocycles. The molecule has 0 radical (unpaired) electrons. The number of fused-ring (bicyclic) bond motifs is 1. The van der Waals surface area contributed by atoms with Gasteiger partial charge in [0.15, 0.2) is 0 Å². The fourth-order valence-electron chi connectivity index (χ4n) is 9.58. The van der Waals surface area contributed by atoms with E-state index < -0.39 is 6.85 Å². The largest absolute Gasteiger partial charge is 0.507 e. The van der Waals surface area contributed by atoms with E-state index in [1.807, 2.05) is 54.7 Å². The summed E-state index contributed by atoms with van der Waals surface area (Å²) in [7, 11) is 0. The minimum atomic E-state index is -2.49. The molecule has 0 aliphatic carbocycles. The molecule has 9 rings (SSSR count). The molecule has 4 nitrogen and oxygen atoms in total. The van der Waals surface area contributed by atoms with Crippen molar-refractivity contribution in [1.82, 2.24) is 14.5 Å². The third-order valence-electron chi connectivity index (χ3n) is 14.0. The number of pyridine rings is 1. The average Bonchev–Trinajstić information content (AvgIpc) is 3.74. The first-order valence-electron chi connectivity index (χ1n) is 26.7. The summed E-state index contributed by atoms with van der Waals surface area (Å²) in [4.78, 5) is 10.6. The molecule has 0 atom stereocenters. The van der Waals surface area contributed by atoms with E-state index in [4.69, 9.17) is 14.1 Å². The number of phenolic OH excluding ortho intramolecular Hbond substituents is 1. The van der Waals surface area contributed by atoms with Crippen LogP contribution in [0.4, 0.5) is 0 Å². The number of aromatic nitrogens is 3. The van der Waals surface area contributed by atoms with Crippen molar-refractivity contribution in [2.45, 2.75) is 125 Å². The Bertz CT molecular complexity index is 3530. The van der Waals surface area contributed by atoms with E-state index in [1.165, 1.54) is 5.56 Å². The van der Waals surface area contributed by atoms with Crippen molar-refractivity contribution in [3.8, 4) is 78.6 Å². The van der Waals surface area contributed by atoms with Crippen LogP contribution in [0.15, 0.2) is 152 Å². The summed E-state index contributed by atoms with van der Waals surface area (Å²) in [6.45, 7) is 25.9. The average molecular weight is 1130 g/mol. The van der Waals surface area contributed by atoms with Crippen molar-refractivity contribution in [1.29, 1.82) is 0 Å². The van der Waals surface area contributed by atoms with Gasteiger partial charge >= 0.3 is 0 Å². The number of phenols is 1. The SMILES string of the molecule is [2H]C([2H])([2H])c1cc(-n2c(-c3cc(C(C)C)cc(C(C)C)c3O)nc3c(-c4[c-]c(-c5cc(-c6ccc(C(C)(C)C)cc6)ccn5)cc(C(C)(C)C)c4)cccc32)c(-c2ccccc2)cc1-c1ccc(C(C)(C)C)cc1.[Pt]. The second-order valence-corrected chi connectivity index (χ2v) is 23.1. The first-order chi connectivity index (χ1) is 34.8. The number of rotatable bonds is 9. The first-order valence-corrected chi connectivity index (χ1v) is 25.2. The van der Waals surface area contributed by atoms with Gasteiger partial charge in [-0.15, -0.1) is 29.3 Å². The molecule has 2 heterocycles. The molecule has 9 aromatic rings. The van der Waals surface area contributed by atoms with Gasteiger partial charge in [0, 0.05) is 42.6 Å². The van der Waals surface area contributed by atoms with Crippen LogP contribution in [0.25, 0.3) is 83.9 Å². The van der Waals surface area contributed by atoms with Gasteiger partial charge < -0.3 is 5.11 Å². The maximum Gasteiger partial charge on any atom is 0.148 e. The van der Waals surface area contributed by atoms with Gasteiger partial charge in [0.2, 0.25) is 0 Å². The van der Waals surface area contributed by atoms with Crippen molar-refractivity contribution in [3.05, 3.63) is 191 Å². The summed E-state index contributed by atoms with van der Waals surface area (Å²) in [5.74, 6) is 0.812. The normalized spacial score (nSPS) is 13.0. The van der Waals surface area contributed by atoms with Crippen molar-refractivity contribution < 1.29 is 30.3 Å².